The van der Waals surface area contributed by atoms with Crippen molar-refractivity contribution < 1.29 is 9.53 Å². The fourth-order valence-electron chi connectivity index (χ4n) is 1.84. The third kappa shape index (κ3) is 2.92. The minimum atomic E-state index is -0.517. The molecule has 2 aromatic rings. The molecular formula is C15H16N2O2. The van der Waals surface area contributed by atoms with E-state index in [1.807, 2.05) is 25.1 Å². The number of primary amides is 1. The van der Waals surface area contributed by atoms with Gasteiger partial charge in [0.25, 0.3) is 5.91 Å². The first-order valence-electron chi connectivity index (χ1n) is 5.98. The highest BCUT2D eigenvalue weighted by Crippen LogP contribution is 2.28. The van der Waals surface area contributed by atoms with Crippen molar-refractivity contribution >= 4 is 5.91 Å². The van der Waals surface area contributed by atoms with Crippen LogP contribution in [0.2, 0.25) is 0 Å². The van der Waals surface area contributed by atoms with E-state index in [0.717, 1.165) is 11.1 Å². The molecule has 0 unspecified atom stereocenters. The van der Waals surface area contributed by atoms with Gasteiger partial charge in [0.1, 0.15) is 11.5 Å². The van der Waals surface area contributed by atoms with E-state index in [0.29, 0.717) is 23.6 Å². The number of carbonyl (C=O) groups excluding carboxylic acids is 1. The Balaban J connectivity index is 2.39. The van der Waals surface area contributed by atoms with Crippen molar-refractivity contribution in [2.75, 3.05) is 0 Å². The second kappa shape index (κ2) is 5.54. The molecule has 98 valence electrons. The van der Waals surface area contributed by atoms with Crippen LogP contribution in [0.15, 0.2) is 42.5 Å². The molecule has 0 saturated carbocycles. The third-order valence-electron chi connectivity index (χ3n) is 2.81. The SMILES string of the molecule is Cc1ccc(Oc2ccccc2C(N)=O)c(CN)c1. The summed E-state index contributed by atoms with van der Waals surface area (Å²) < 4.78 is 5.77. The number of amides is 1. The molecule has 0 heterocycles. The quantitative estimate of drug-likeness (QED) is 0.881. The number of carbonyl (C=O) groups is 1. The van der Waals surface area contributed by atoms with Gasteiger partial charge < -0.3 is 16.2 Å². The molecule has 4 heteroatoms. The van der Waals surface area contributed by atoms with E-state index in [1.165, 1.54) is 0 Å². The average molecular weight is 256 g/mol. The van der Waals surface area contributed by atoms with Crippen LogP contribution in [0.3, 0.4) is 0 Å². The number of benzene rings is 2. The minimum Gasteiger partial charge on any atom is -0.456 e. The summed E-state index contributed by atoms with van der Waals surface area (Å²) in [5.74, 6) is 0.562. The summed E-state index contributed by atoms with van der Waals surface area (Å²) in [5, 5.41) is 0. The van der Waals surface area contributed by atoms with Crippen molar-refractivity contribution in [3.63, 3.8) is 0 Å². The second-order valence-corrected chi connectivity index (χ2v) is 4.28. The van der Waals surface area contributed by atoms with Crippen molar-refractivity contribution in [1.82, 2.24) is 0 Å². The highest BCUT2D eigenvalue weighted by Gasteiger charge is 2.11. The van der Waals surface area contributed by atoms with Crippen LogP contribution in [0.4, 0.5) is 0 Å². The lowest BCUT2D eigenvalue weighted by atomic mass is 10.1. The zero-order valence-corrected chi connectivity index (χ0v) is 10.7. The lowest BCUT2D eigenvalue weighted by molar-refractivity contribution is 0.0998. The largest absolute Gasteiger partial charge is 0.456 e. The molecule has 2 rings (SSSR count). The number of para-hydroxylation sites is 1. The van der Waals surface area contributed by atoms with Crippen LogP contribution in [0.5, 0.6) is 11.5 Å². The highest BCUT2D eigenvalue weighted by atomic mass is 16.5. The van der Waals surface area contributed by atoms with Crippen LogP contribution in [-0.4, -0.2) is 5.91 Å². The monoisotopic (exact) mass is 256 g/mol. The van der Waals surface area contributed by atoms with E-state index < -0.39 is 5.91 Å². The number of rotatable bonds is 4. The van der Waals surface area contributed by atoms with Crippen molar-refractivity contribution in [3.8, 4) is 11.5 Å². The third-order valence-corrected chi connectivity index (χ3v) is 2.81. The van der Waals surface area contributed by atoms with Gasteiger partial charge in [-0.1, -0.05) is 29.8 Å². The summed E-state index contributed by atoms with van der Waals surface area (Å²) in [4.78, 5) is 11.3. The van der Waals surface area contributed by atoms with Gasteiger partial charge in [0.05, 0.1) is 5.56 Å². The molecule has 19 heavy (non-hydrogen) atoms. The van der Waals surface area contributed by atoms with Gasteiger partial charge in [0, 0.05) is 12.1 Å². The fraction of sp³-hybridized carbons (Fsp3) is 0.133. The molecule has 0 atom stereocenters. The predicted molar refractivity (Wildman–Crippen MR) is 74.1 cm³/mol. The Morgan fingerprint density at radius 2 is 1.89 bits per heavy atom. The van der Waals surface area contributed by atoms with Gasteiger partial charge in [-0.3, -0.25) is 4.79 Å². The van der Waals surface area contributed by atoms with Crippen LogP contribution in [-0.2, 0) is 6.54 Å². The molecule has 0 aliphatic carbocycles. The van der Waals surface area contributed by atoms with Gasteiger partial charge in [0.2, 0.25) is 0 Å². The Kier molecular flexibility index (Phi) is 3.82. The zero-order valence-electron chi connectivity index (χ0n) is 10.7. The molecule has 0 fully saturated rings. The maximum atomic E-state index is 11.3. The molecule has 4 N–H and O–H groups in total. The van der Waals surface area contributed by atoms with Gasteiger partial charge in [-0.05, 0) is 25.1 Å². The van der Waals surface area contributed by atoms with Crippen LogP contribution in [0.25, 0.3) is 0 Å². The first-order valence-corrected chi connectivity index (χ1v) is 5.98. The summed E-state index contributed by atoms with van der Waals surface area (Å²) >= 11 is 0. The lowest BCUT2D eigenvalue weighted by Crippen LogP contribution is -2.12. The minimum absolute atomic E-state index is 0.353. The van der Waals surface area contributed by atoms with Crippen molar-refractivity contribution in [2.24, 2.45) is 11.5 Å². The summed E-state index contributed by atoms with van der Waals surface area (Å²) in [6.45, 7) is 2.36. The molecule has 0 radical (unpaired) electrons. The number of aryl methyl sites for hydroxylation is 1. The number of ether oxygens (including phenoxy) is 1. The number of hydrogen-bond acceptors (Lipinski definition) is 3. The first-order chi connectivity index (χ1) is 9.11. The number of nitrogens with two attached hydrogens (primary N) is 2. The second-order valence-electron chi connectivity index (χ2n) is 4.28. The van der Waals surface area contributed by atoms with Crippen molar-refractivity contribution in [2.45, 2.75) is 13.5 Å². The van der Waals surface area contributed by atoms with Crippen LogP contribution < -0.4 is 16.2 Å². The van der Waals surface area contributed by atoms with E-state index in [1.54, 1.807) is 24.3 Å². The summed E-state index contributed by atoms with van der Waals surface area (Å²) in [5.41, 5.74) is 13.4. The Morgan fingerprint density at radius 3 is 2.58 bits per heavy atom. The molecule has 0 spiro atoms. The standard InChI is InChI=1S/C15H16N2O2/c1-10-6-7-13(11(8-10)9-16)19-14-5-3-2-4-12(14)15(17)18/h2-8H,9,16H2,1H3,(H2,17,18). The molecule has 0 bridgehead atoms. The van der Waals surface area contributed by atoms with E-state index in [4.69, 9.17) is 16.2 Å². The van der Waals surface area contributed by atoms with Gasteiger partial charge >= 0.3 is 0 Å². The lowest BCUT2D eigenvalue weighted by Gasteiger charge is -2.12. The molecule has 0 aliphatic rings. The molecule has 2 aromatic carbocycles. The highest BCUT2D eigenvalue weighted by molar-refractivity contribution is 5.95. The van der Waals surface area contributed by atoms with E-state index in [9.17, 15) is 4.79 Å². The topological polar surface area (TPSA) is 78.3 Å². The van der Waals surface area contributed by atoms with Gasteiger partial charge in [0.15, 0.2) is 0 Å². The van der Waals surface area contributed by atoms with Crippen molar-refractivity contribution in [3.05, 3.63) is 59.2 Å². The summed E-state index contributed by atoms with van der Waals surface area (Å²) in [6, 6.07) is 12.6. The van der Waals surface area contributed by atoms with Gasteiger partial charge in [-0.15, -0.1) is 0 Å². The van der Waals surface area contributed by atoms with Gasteiger partial charge in [-0.25, -0.2) is 0 Å². The Hall–Kier alpha value is -2.33. The Morgan fingerprint density at radius 1 is 1.16 bits per heavy atom. The molecular weight excluding hydrogens is 240 g/mol. The van der Waals surface area contributed by atoms with E-state index in [2.05, 4.69) is 0 Å². The molecule has 0 aliphatic heterocycles. The van der Waals surface area contributed by atoms with E-state index >= 15 is 0 Å². The summed E-state index contributed by atoms with van der Waals surface area (Å²) in [7, 11) is 0. The maximum Gasteiger partial charge on any atom is 0.252 e. The predicted octanol–water partition coefficient (Wildman–Crippen LogP) is 2.34. The maximum absolute atomic E-state index is 11.3. The molecule has 4 nitrogen and oxygen atoms in total. The Labute approximate surface area is 112 Å². The number of hydrogen-bond donors (Lipinski definition) is 2. The molecule has 0 saturated heterocycles. The van der Waals surface area contributed by atoms with E-state index in [-0.39, 0.29) is 0 Å². The van der Waals surface area contributed by atoms with Crippen LogP contribution in [0, 0.1) is 6.92 Å². The van der Waals surface area contributed by atoms with Crippen molar-refractivity contribution in [1.29, 1.82) is 0 Å². The fourth-order valence-corrected chi connectivity index (χ4v) is 1.84. The average Bonchev–Trinajstić information content (AvgIpc) is 2.41. The Bertz CT molecular complexity index is 609. The first kappa shape index (κ1) is 13.1. The summed E-state index contributed by atoms with van der Waals surface area (Å²) in [6.07, 6.45) is 0. The molecule has 0 aromatic heterocycles. The zero-order chi connectivity index (χ0) is 13.8. The molecule has 1 amide bonds. The smallest absolute Gasteiger partial charge is 0.252 e. The van der Waals surface area contributed by atoms with Crippen LogP contribution >= 0.6 is 0 Å². The normalized spacial score (nSPS) is 10.2. The van der Waals surface area contributed by atoms with Gasteiger partial charge in [-0.2, -0.15) is 0 Å². The van der Waals surface area contributed by atoms with Crippen LogP contribution in [0.1, 0.15) is 21.5 Å².